The summed E-state index contributed by atoms with van der Waals surface area (Å²) in [4.78, 5) is 50.8. The van der Waals surface area contributed by atoms with E-state index >= 15 is 0 Å². The fraction of sp³-hybridized carbons (Fsp3) is 0.526. The second-order valence-electron chi connectivity index (χ2n) is 6.20. The van der Waals surface area contributed by atoms with Gasteiger partial charge in [-0.3, -0.25) is 19.8 Å². The minimum absolute atomic E-state index is 0.0210. The van der Waals surface area contributed by atoms with Crippen LogP contribution in [0.3, 0.4) is 0 Å². The van der Waals surface area contributed by atoms with E-state index < -0.39 is 40.2 Å². The van der Waals surface area contributed by atoms with Gasteiger partial charge < -0.3 is 14.2 Å². The predicted molar refractivity (Wildman–Crippen MR) is 99.9 cm³/mol. The molecule has 2 rings (SSSR count). The standard InChI is InChI=1S/C19H24N2O8/c1-4-27-15-11-12-19(17(23)28-5-2,18(24)29-6-3)20(15)16(22)13-9-7-8-10-14(13)21(25)26/h7-10,15H,4-6,11-12H2,1-3H3. The van der Waals surface area contributed by atoms with Crippen molar-refractivity contribution < 1.29 is 33.5 Å². The van der Waals surface area contributed by atoms with Crippen LogP contribution in [0.15, 0.2) is 24.3 Å². The van der Waals surface area contributed by atoms with E-state index in [2.05, 4.69) is 0 Å². The zero-order valence-corrected chi connectivity index (χ0v) is 16.6. The normalized spacial score (nSPS) is 17.6. The summed E-state index contributed by atoms with van der Waals surface area (Å²) in [6.45, 7) is 4.99. The van der Waals surface area contributed by atoms with E-state index in [1.165, 1.54) is 24.3 Å². The topological polar surface area (TPSA) is 125 Å². The summed E-state index contributed by atoms with van der Waals surface area (Å²) in [5, 5.41) is 11.4. The van der Waals surface area contributed by atoms with Gasteiger partial charge in [-0.1, -0.05) is 12.1 Å². The highest BCUT2D eigenvalue weighted by Gasteiger charge is 2.62. The molecule has 1 aromatic rings. The van der Waals surface area contributed by atoms with E-state index in [4.69, 9.17) is 14.2 Å². The fourth-order valence-electron chi connectivity index (χ4n) is 3.41. The number of nitro groups is 1. The molecule has 0 spiro atoms. The van der Waals surface area contributed by atoms with Gasteiger partial charge in [-0.2, -0.15) is 0 Å². The molecule has 0 bridgehead atoms. The van der Waals surface area contributed by atoms with Gasteiger partial charge in [0.15, 0.2) is 0 Å². The van der Waals surface area contributed by atoms with Gasteiger partial charge in [-0.15, -0.1) is 0 Å². The number of likely N-dealkylation sites (tertiary alicyclic amines) is 1. The molecule has 1 aliphatic heterocycles. The molecule has 0 N–H and O–H groups in total. The van der Waals surface area contributed by atoms with Crippen molar-refractivity contribution in [3.63, 3.8) is 0 Å². The molecule has 0 aromatic heterocycles. The van der Waals surface area contributed by atoms with Crippen molar-refractivity contribution in [1.82, 2.24) is 4.90 Å². The molecule has 1 fully saturated rings. The first-order chi connectivity index (χ1) is 13.8. The maximum atomic E-state index is 13.4. The van der Waals surface area contributed by atoms with Crippen molar-refractivity contribution in [2.24, 2.45) is 0 Å². The molecular weight excluding hydrogens is 384 g/mol. The Balaban J connectivity index is 2.64. The second kappa shape index (κ2) is 9.46. The van der Waals surface area contributed by atoms with Gasteiger partial charge in [0.05, 0.1) is 18.1 Å². The third kappa shape index (κ3) is 4.07. The molecule has 1 unspecified atom stereocenters. The Kier molecular flexibility index (Phi) is 7.27. The highest BCUT2D eigenvalue weighted by Crippen LogP contribution is 2.39. The van der Waals surface area contributed by atoms with Gasteiger partial charge in [-0.05, 0) is 39.7 Å². The lowest BCUT2D eigenvalue weighted by Crippen LogP contribution is -2.62. The van der Waals surface area contributed by atoms with Crippen molar-refractivity contribution in [1.29, 1.82) is 0 Å². The number of nitrogens with zero attached hydrogens (tertiary/aromatic N) is 2. The van der Waals surface area contributed by atoms with Crippen LogP contribution in [-0.4, -0.2) is 59.3 Å². The molecule has 1 heterocycles. The Bertz CT molecular complexity index is 776. The van der Waals surface area contributed by atoms with Crippen LogP contribution in [0.5, 0.6) is 0 Å². The number of carbonyl (C=O) groups is 3. The number of nitro benzene ring substituents is 1. The average Bonchev–Trinajstić information content (AvgIpc) is 3.08. The third-order valence-corrected chi connectivity index (χ3v) is 4.59. The van der Waals surface area contributed by atoms with Crippen LogP contribution in [0.25, 0.3) is 0 Å². The number of amides is 1. The summed E-state index contributed by atoms with van der Waals surface area (Å²) in [5.74, 6) is -2.78. The van der Waals surface area contributed by atoms with Crippen LogP contribution in [-0.2, 0) is 23.8 Å². The Hall–Kier alpha value is -3.01. The zero-order chi connectivity index (χ0) is 21.6. The van der Waals surface area contributed by atoms with Crippen molar-refractivity contribution in [2.45, 2.75) is 45.4 Å². The summed E-state index contributed by atoms with van der Waals surface area (Å²) in [5.41, 5.74) is -2.78. The smallest absolute Gasteiger partial charge is 0.344 e. The molecule has 10 heteroatoms. The Labute approximate surface area is 167 Å². The number of carbonyl (C=O) groups excluding carboxylic acids is 3. The Morgan fingerprint density at radius 3 is 2.21 bits per heavy atom. The van der Waals surface area contributed by atoms with Crippen molar-refractivity contribution in [3.05, 3.63) is 39.9 Å². The first-order valence-electron chi connectivity index (χ1n) is 9.38. The summed E-state index contributed by atoms with van der Waals surface area (Å²) in [6, 6.07) is 5.32. The lowest BCUT2D eigenvalue weighted by atomic mass is 9.95. The molecule has 0 saturated carbocycles. The molecule has 1 aliphatic rings. The van der Waals surface area contributed by atoms with E-state index in [0.29, 0.717) is 0 Å². The van der Waals surface area contributed by atoms with Crippen molar-refractivity contribution >= 4 is 23.5 Å². The number of esters is 2. The number of hydrogen-bond donors (Lipinski definition) is 0. The molecule has 0 radical (unpaired) electrons. The monoisotopic (exact) mass is 408 g/mol. The van der Waals surface area contributed by atoms with Gasteiger partial charge >= 0.3 is 11.9 Å². The summed E-state index contributed by atoms with van der Waals surface area (Å²) in [7, 11) is 0. The van der Waals surface area contributed by atoms with E-state index in [1.54, 1.807) is 20.8 Å². The van der Waals surface area contributed by atoms with Crippen molar-refractivity contribution in [3.8, 4) is 0 Å². The highest BCUT2D eigenvalue weighted by atomic mass is 16.6. The molecule has 29 heavy (non-hydrogen) atoms. The maximum Gasteiger partial charge on any atom is 0.344 e. The van der Waals surface area contributed by atoms with Crippen LogP contribution in [0, 0.1) is 10.1 Å². The van der Waals surface area contributed by atoms with E-state index in [0.717, 1.165) is 4.90 Å². The molecule has 1 amide bonds. The second-order valence-corrected chi connectivity index (χ2v) is 6.20. The number of rotatable bonds is 8. The predicted octanol–water partition coefficient (Wildman–Crippen LogP) is 2.06. The minimum atomic E-state index is -2.08. The molecule has 1 saturated heterocycles. The van der Waals surface area contributed by atoms with Crippen LogP contribution in [0.2, 0.25) is 0 Å². The lowest BCUT2D eigenvalue weighted by molar-refractivity contribution is -0.385. The number of ether oxygens (including phenoxy) is 3. The molecule has 1 atom stereocenters. The van der Waals surface area contributed by atoms with Gasteiger partial charge in [0.1, 0.15) is 11.8 Å². The first kappa shape index (κ1) is 22.3. The van der Waals surface area contributed by atoms with E-state index in [9.17, 15) is 24.5 Å². The lowest BCUT2D eigenvalue weighted by Gasteiger charge is -2.36. The van der Waals surface area contributed by atoms with Gasteiger partial charge in [-0.25, -0.2) is 9.59 Å². The van der Waals surface area contributed by atoms with E-state index in [1.807, 2.05) is 0 Å². The average molecular weight is 408 g/mol. The Morgan fingerprint density at radius 2 is 1.69 bits per heavy atom. The van der Waals surface area contributed by atoms with Gasteiger partial charge in [0, 0.05) is 12.7 Å². The Morgan fingerprint density at radius 1 is 1.10 bits per heavy atom. The largest absolute Gasteiger partial charge is 0.464 e. The van der Waals surface area contributed by atoms with Crippen LogP contribution in [0.4, 0.5) is 5.69 Å². The SMILES string of the molecule is CCOC(=O)C1(C(=O)OCC)CCC(OCC)N1C(=O)c1ccccc1[N+](=O)[O-]. The molecular formula is C19H24N2O8. The van der Waals surface area contributed by atoms with Gasteiger partial charge in [0.2, 0.25) is 5.54 Å². The summed E-state index contributed by atoms with van der Waals surface area (Å²) in [6.07, 6.45) is -0.861. The first-order valence-corrected chi connectivity index (χ1v) is 9.38. The van der Waals surface area contributed by atoms with Crippen LogP contribution < -0.4 is 0 Å². The molecule has 1 aromatic carbocycles. The molecule has 158 valence electrons. The van der Waals surface area contributed by atoms with Crippen molar-refractivity contribution in [2.75, 3.05) is 19.8 Å². The third-order valence-electron chi connectivity index (χ3n) is 4.59. The number of hydrogen-bond acceptors (Lipinski definition) is 8. The van der Waals surface area contributed by atoms with Gasteiger partial charge in [0.25, 0.3) is 11.6 Å². The van der Waals surface area contributed by atoms with E-state index in [-0.39, 0.29) is 38.2 Å². The minimum Gasteiger partial charge on any atom is -0.464 e. The molecule has 0 aliphatic carbocycles. The summed E-state index contributed by atoms with van der Waals surface area (Å²) >= 11 is 0. The number of para-hydroxylation sites is 1. The fourth-order valence-corrected chi connectivity index (χ4v) is 3.41. The number of benzene rings is 1. The molecule has 10 nitrogen and oxygen atoms in total. The quantitative estimate of drug-likeness (QED) is 0.277. The maximum absolute atomic E-state index is 13.4. The summed E-state index contributed by atoms with van der Waals surface area (Å²) < 4.78 is 15.8. The van der Waals surface area contributed by atoms with Crippen LogP contribution in [0.1, 0.15) is 44.0 Å². The highest BCUT2D eigenvalue weighted by molar-refractivity contribution is 6.11. The zero-order valence-electron chi connectivity index (χ0n) is 16.6. The van der Waals surface area contributed by atoms with Crippen LogP contribution >= 0.6 is 0 Å².